The molecule has 0 aliphatic carbocycles. The van der Waals surface area contributed by atoms with Crippen LogP contribution in [-0.4, -0.2) is 98.6 Å². The Balaban J connectivity index is 1.19. The number of aryl methyl sites for hydroxylation is 1. The molecule has 2 aliphatic rings. The number of carbonyl (C=O) groups is 2. The van der Waals surface area contributed by atoms with Gasteiger partial charge < -0.3 is 25.9 Å². The maximum absolute atomic E-state index is 13.2. The number of aldehydes is 1. The van der Waals surface area contributed by atoms with Gasteiger partial charge >= 0.3 is 6.03 Å². The van der Waals surface area contributed by atoms with E-state index < -0.39 is 16.6 Å². The van der Waals surface area contributed by atoms with Crippen molar-refractivity contribution in [2.24, 2.45) is 12.8 Å². The van der Waals surface area contributed by atoms with Gasteiger partial charge in [-0.15, -0.1) is 0 Å². The first-order chi connectivity index (χ1) is 21.6. The van der Waals surface area contributed by atoms with Crippen LogP contribution >= 0.6 is 0 Å². The van der Waals surface area contributed by atoms with E-state index in [2.05, 4.69) is 27.4 Å². The van der Waals surface area contributed by atoms with Gasteiger partial charge in [0.05, 0.1) is 16.0 Å². The van der Waals surface area contributed by atoms with Crippen molar-refractivity contribution in [3.63, 3.8) is 0 Å². The zero-order valence-electron chi connectivity index (χ0n) is 26.7. The Morgan fingerprint density at radius 2 is 1.89 bits per heavy atom. The first-order valence-corrected chi connectivity index (χ1v) is 17.0. The summed E-state index contributed by atoms with van der Waals surface area (Å²) in [6, 6.07) is 14.0. The monoisotopic (exact) mass is 637 g/mol. The number of amides is 2. The molecule has 0 radical (unpaired) electrons. The Bertz CT molecular complexity index is 1510. The molecule has 0 saturated carbocycles. The summed E-state index contributed by atoms with van der Waals surface area (Å²) in [7, 11) is 2.22. The highest BCUT2D eigenvalue weighted by molar-refractivity contribution is 7.82. The van der Waals surface area contributed by atoms with Gasteiger partial charge in [-0.1, -0.05) is 18.2 Å². The van der Waals surface area contributed by atoms with E-state index in [-0.39, 0.29) is 25.0 Å². The molecule has 2 aliphatic heterocycles. The van der Waals surface area contributed by atoms with Gasteiger partial charge in [-0.25, -0.2) is 13.3 Å². The first-order valence-electron chi connectivity index (χ1n) is 15.9. The Labute approximate surface area is 268 Å². The van der Waals surface area contributed by atoms with Crippen molar-refractivity contribution >= 4 is 40.0 Å². The average Bonchev–Trinajstić information content (AvgIpc) is 3.36. The Hall–Kier alpha value is -3.16. The fourth-order valence-electron chi connectivity index (χ4n) is 6.69. The second kappa shape index (κ2) is 14.5. The molecule has 3 heterocycles. The fraction of sp³-hybridized carbons (Fsp3) is 0.545. The lowest BCUT2D eigenvalue weighted by Gasteiger charge is -2.37. The van der Waals surface area contributed by atoms with Crippen LogP contribution in [0.3, 0.4) is 0 Å². The summed E-state index contributed by atoms with van der Waals surface area (Å²) in [6.45, 7) is 5.96. The van der Waals surface area contributed by atoms with Crippen molar-refractivity contribution in [2.45, 2.75) is 67.9 Å². The number of nitrogens with one attached hydrogen (secondary N) is 1. The highest BCUT2D eigenvalue weighted by Gasteiger charge is 2.30. The number of aliphatic hydroxyl groups is 1. The summed E-state index contributed by atoms with van der Waals surface area (Å²) in [5.41, 5.74) is 8.27. The van der Waals surface area contributed by atoms with Crippen molar-refractivity contribution in [3.05, 3.63) is 53.6 Å². The number of benzene rings is 2. The fourth-order valence-corrected chi connectivity index (χ4v) is 7.97. The number of rotatable bonds is 11. The minimum Gasteiger partial charge on any atom is -0.388 e. The lowest BCUT2D eigenvalue weighted by atomic mass is 9.88. The zero-order valence-corrected chi connectivity index (χ0v) is 27.5. The third-order valence-electron chi connectivity index (χ3n) is 9.08. The van der Waals surface area contributed by atoms with E-state index in [1.165, 1.54) is 10.5 Å². The van der Waals surface area contributed by atoms with Crippen molar-refractivity contribution in [3.8, 4) is 0 Å². The van der Waals surface area contributed by atoms with Gasteiger partial charge in [-0.3, -0.25) is 9.58 Å². The summed E-state index contributed by atoms with van der Waals surface area (Å²) in [5, 5.41) is 19.6. The normalized spacial score (nSPS) is 19.3. The minimum atomic E-state index is -1.22. The van der Waals surface area contributed by atoms with Crippen LogP contribution in [0.4, 0.5) is 10.6 Å². The molecule has 0 bridgehead atoms. The molecular weight excluding hydrogens is 590 g/mol. The van der Waals surface area contributed by atoms with Crippen LogP contribution in [0.2, 0.25) is 0 Å². The molecule has 45 heavy (non-hydrogen) atoms. The molecule has 1 aromatic heterocycles. The van der Waals surface area contributed by atoms with E-state index in [0.29, 0.717) is 24.7 Å². The molecule has 244 valence electrons. The molecule has 3 aromatic rings. The molecule has 0 spiro atoms. The number of β-amino-alcohol motifs (C(OH)–C–C–N with tert-alkyl or cyclic N) is 1. The van der Waals surface area contributed by atoms with E-state index in [1.807, 2.05) is 48.6 Å². The molecule has 2 saturated heterocycles. The van der Waals surface area contributed by atoms with Crippen molar-refractivity contribution in [1.82, 2.24) is 24.3 Å². The first kappa shape index (κ1) is 33.2. The average molecular weight is 638 g/mol. The number of aromatic nitrogens is 2. The summed E-state index contributed by atoms with van der Waals surface area (Å²) >= 11 is 0. The molecular formula is C33H47N7O4S. The Morgan fingerprint density at radius 1 is 1.16 bits per heavy atom. The molecule has 12 heteroatoms. The maximum Gasteiger partial charge on any atom is 0.322 e. The van der Waals surface area contributed by atoms with Gasteiger partial charge in [0.2, 0.25) is 0 Å². The van der Waals surface area contributed by atoms with Gasteiger partial charge in [-0.2, -0.15) is 5.10 Å². The Morgan fingerprint density at radius 3 is 2.58 bits per heavy atom. The molecule has 2 unspecified atom stereocenters. The number of urea groups is 1. The number of nitrogens with two attached hydrogens (primary N) is 1. The van der Waals surface area contributed by atoms with E-state index in [1.54, 1.807) is 11.7 Å². The third kappa shape index (κ3) is 7.98. The quantitative estimate of drug-likeness (QED) is 0.275. The minimum absolute atomic E-state index is 0.191. The number of likely N-dealkylation sites (tertiary alicyclic amines) is 1. The van der Waals surface area contributed by atoms with Crippen LogP contribution in [0.15, 0.2) is 47.4 Å². The second-order valence-electron chi connectivity index (χ2n) is 12.8. The van der Waals surface area contributed by atoms with E-state index in [0.717, 1.165) is 79.5 Å². The predicted molar refractivity (Wildman–Crippen MR) is 178 cm³/mol. The number of nitrogens with zero attached hydrogens (tertiary/aromatic N) is 5. The van der Waals surface area contributed by atoms with Gasteiger partial charge in [0.1, 0.15) is 17.3 Å². The lowest BCUT2D eigenvalue weighted by Crippen LogP contribution is -2.45. The lowest BCUT2D eigenvalue weighted by molar-refractivity contribution is -0.107. The van der Waals surface area contributed by atoms with E-state index in [9.17, 15) is 18.9 Å². The van der Waals surface area contributed by atoms with E-state index in [4.69, 9.17) is 5.73 Å². The molecule has 2 amide bonds. The van der Waals surface area contributed by atoms with Crippen molar-refractivity contribution in [1.29, 1.82) is 0 Å². The number of fused-ring (bicyclic) bond motifs is 1. The number of carbonyl (C=O) groups excluding carboxylic acids is 2. The third-order valence-corrected chi connectivity index (χ3v) is 10.6. The number of hydrogen-bond donors (Lipinski definition) is 3. The molecule has 2 fully saturated rings. The Kier molecular flexibility index (Phi) is 10.7. The van der Waals surface area contributed by atoms with Crippen molar-refractivity contribution < 1.29 is 18.9 Å². The van der Waals surface area contributed by atoms with Crippen LogP contribution in [0.1, 0.15) is 56.1 Å². The second-order valence-corrected chi connectivity index (χ2v) is 14.3. The number of anilines is 1. The standard InChI is InChI=1S/C33H47N7O4S/c1-33(43,22-24-6-4-7-28(20-24)45(44)39-17-12-27(34)13-18-39)23-38-15-10-25(11-16-38)26-8-9-29-30(21-26)37(3)36-31(29)40(14-5-19-41)32(42)35-2/h4,6-9,19-21,25,27,43H,5,10-18,22-23,34H2,1-3H3,(H,35,42). The van der Waals surface area contributed by atoms with Gasteiger partial charge in [0.25, 0.3) is 0 Å². The molecule has 2 atom stereocenters. The molecule has 2 aromatic carbocycles. The largest absolute Gasteiger partial charge is 0.388 e. The number of hydrogen-bond acceptors (Lipinski definition) is 7. The SMILES string of the molecule is CNC(=O)N(CCC=O)c1nn(C)c2cc(C3CCN(CC(C)(O)Cc4cccc(S(=O)N5CCC(N)CC5)c4)CC3)ccc12. The molecule has 11 nitrogen and oxygen atoms in total. The van der Waals surface area contributed by atoms with Gasteiger partial charge in [0.15, 0.2) is 5.82 Å². The van der Waals surface area contributed by atoms with Crippen LogP contribution < -0.4 is 16.0 Å². The van der Waals surface area contributed by atoms with Gasteiger partial charge in [0, 0.05) is 64.5 Å². The highest BCUT2D eigenvalue weighted by atomic mass is 32.2. The smallest absolute Gasteiger partial charge is 0.322 e. The summed E-state index contributed by atoms with van der Waals surface area (Å²) in [4.78, 5) is 28.2. The topological polar surface area (TPSA) is 137 Å². The van der Waals surface area contributed by atoms with Crippen LogP contribution in [-0.2, 0) is 29.2 Å². The maximum atomic E-state index is 13.2. The van der Waals surface area contributed by atoms with Crippen molar-refractivity contribution in [2.75, 3.05) is 51.2 Å². The summed E-state index contributed by atoms with van der Waals surface area (Å²) in [5.74, 6) is 0.931. The van der Waals surface area contributed by atoms with Crippen LogP contribution in [0, 0.1) is 0 Å². The highest BCUT2D eigenvalue weighted by Crippen LogP contribution is 2.34. The summed E-state index contributed by atoms with van der Waals surface area (Å²) in [6.07, 6.45) is 5.20. The number of piperidine rings is 2. The van der Waals surface area contributed by atoms with Gasteiger partial charge in [-0.05, 0) is 87.0 Å². The van der Waals surface area contributed by atoms with Crippen LogP contribution in [0.25, 0.3) is 10.9 Å². The zero-order chi connectivity index (χ0) is 32.1. The van der Waals surface area contributed by atoms with Crippen LogP contribution in [0.5, 0.6) is 0 Å². The molecule has 4 N–H and O–H groups in total. The summed E-state index contributed by atoms with van der Waals surface area (Å²) < 4.78 is 17.0. The van der Waals surface area contributed by atoms with E-state index >= 15 is 0 Å². The molecule has 5 rings (SSSR count). The predicted octanol–water partition coefficient (Wildman–Crippen LogP) is 2.93.